The zero-order valence-electron chi connectivity index (χ0n) is 14.3. The van der Waals surface area contributed by atoms with Crippen LogP contribution in [0.4, 0.5) is 0 Å². The van der Waals surface area contributed by atoms with Crippen molar-refractivity contribution in [1.82, 2.24) is 9.97 Å². The number of carbonyl (C=O) groups is 1. The highest BCUT2D eigenvalue weighted by molar-refractivity contribution is 6.61. The van der Waals surface area contributed by atoms with Gasteiger partial charge in [0.05, 0.1) is 23.8 Å². The van der Waals surface area contributed by atoms with Gasteiger partial charge >= 0.3 is 13.1 Å². The summed E-state index contributed by atoms with van der Waals surface area (Å²) in [6, 6.07) is 3.84. The number of aromatic amines is 1. The molecule has 122 valence electrons. The molecule has 1 fully saturated rings. The second-order valence-electron chi connectivity index (χ2n) is 6.88. The predicted molar refractivity (Wildman–Crippen MR) is 87.9 cm³/mol. The summed E-state index contributed by atoms with van der Waals surface area (Å²) < 4.78 is 16.9. The summed E-state index contributed by atoms with van der Waals surface area (Å²) in [6.07, 6.45) is 0. The Balaban J connectivity index is 2.06. The second-order valence-corrected chi connectivity index (χ2v) is 6.88. The van der Waals surface area contributed by atoms with E-state index in [9.17, 15) is 4.79 Å². The lowest BCUT2D eigenvalue weighted by atomic mass is 9.85. The number of ether oxygens (including phenoxy) is 1. The smallest absolute Gasteiger partial charge is 0.464 e. The van der Waals surface area contributed by atoms with Crippen molar-refractivity contribution < 1.29 is 18.8 Å². The van der Waals surface area contributed by atoms with Gasteiger partial charge in [-0.1, -0.05) is 0 Å². The molecule has 1 aliphatic heterocycles. The Morgan fingerprint density at radius 2 is 1.83 bits per heavy atom. The molecule has 0 radical (unpaired) electrons. The largest absolute Gasteiger partial charge is 0.512 e. The maximum Gasteiger partial charge on any atom is 0.512 e. The normalized spacial score (nSPS) is 19.3. The summed E-state index contributed by atoms with van der Waals surface area (Å²) in [5, 5.41) is 0.877. The van der Waals surface area contributed by atoms with Gasteiger partial charge in [0.25, 0.3) is 0 Å². The lowest BCUT2D eigenvalue weighted by Crippen LogP contribution is -2.41. The number of nitrogens with zero attached hydrogens (tertiary/aromatic N) is 1. The molecule has 3 heterocycles. The number of fused-ring (bicyclic) bond motifs is 1. The molecule has 7 heteroatoms. The van der Waals surface area contributed by atoms with Crippen LogP contribution in [0.1, 0.15) is 43.9 Å². The van der Waals surface area contributed by atoms with E-state index in [1.54, 1.807) is 0 Å². The molecule has 6 nitrogen and oxygen atoms in total. The third kappa shape index (κ3) is 2.54. The molecule has 2 aromatic heterocycles. The molecule has 0 bridgehead atoms. The van der Waals surface area contributed by atoms with Gasteiger partial charge in [-0.3, -0.25) is 0 Å². The van der Waals surface area contributed by atoms with Crippen LogP contribution in [0.3, 0.4) is 0 Å². The zero-order valence-corrected chi connectivity index (χ0v) is 14.3. The number of hydrogen-bond acceptors (Lipinski definition) is 5. The van der Waals surface area contributed by atoms with Gasteiger partial charge in [-0.2, -0.15) is 0 Å². The van der Waals surface area contributed by atoms with Crippen molar-refractivity contribution in [3.63, 3.8) is 0 Å². The van der Waals surface area contributed by atoms with E-state index in [2.05, 4.69) is 9.97 Å². The molecule has 0 atom stereocenters. The first-order chi connectivity index (χ1) is 10.6. The quantitative estimate of drug-likeness (QED) is 0.677. The van der Waals surface area contributed by atoms with E-state index in [0.717, 1.165) is 16.7 Å². The number of esters is 1. The minimum Gasteiger partial charge on any atom is -0.464 e. The molecule has 0 unspecified atom stereocenters. The minimum absolute atomic E-state index is 0.269. The number of aromatic nitrogens is 2. The fourth-order valence-corrected chi connectivity index (χ4v) is 2.63. The number of nitrogens with one attached hydrogen (secondary N) is 1. The lowest BCUT2D eigenvalue weighted by Gasteiger charge is -2.32. The molecule has 1 N–H and O–H groups in total. The fraction of sp³-hybridized carbons (Fsp3) is 0.500. The van der Waals surface area contributed by atoms with Gasteiger partial charge in [-0.05, 0) is 46.8 Å². The van der Waals surface area contributed by atoms with Crippen LogP contribution in [0.2, 0.25) is 0 Å². The number of rotatable bonds is 2. The zero-order chi connectivity index (χ0) is 17.0. The number of aryl methyl sites for hydroxylation is 1. The standard InChI is InChI=1S/C16H21BN2O4/c1-9-7-10-8-11(17-22-15(2,3)16(4,5)23-17)19-12(10)13(18-9)14(20)21-6/h7-8,19H,1-6H3. The highest BCUT2D eigenvalue weighted by Gasteiger charge is 2.52. The first-order valence-corrected chi connectivity index (χ1v) is 7.59. The van der Waals surface area contributed by atoms with Crippen molar-refractivity contribution in [1.29, 1.82) is 0 Å². The number of carbonyl (C=O) groups excluding carboxylic acids is 1. The van der Waals surface area contributed by atoms with Crippen LogP contribution >= 0.6 is 0 Å². The Kier molecular flexibility index (Phi) is 3.53. The minimum atomic E-state index is -0.516. The molecule has 3 rings (SSSR count). The third-order valence-electron chi connectivity index (χ3n) is 4.64. The Morgan fingerprint density at radius 1 is 1.22 bits per heavy atom. The molecular formula is C16H21BN2O4. The molecule has 1 saturated heterocycles. The Bertz CT molecular complexity index is 766. The van der Waals surface area contributed by atoms with E-state index in [0.29, 0.717) is 5.52 Å². The topological polar surface area (TPSA) is 73.4 Å². The van der Waals surface area contributed by atoms with Crippen LogP contribution in [0, 0.1) is 6.92 Å². The van der Waals surface area contributed by atoms with Gasteiger partial charge < -0.3 is 19.0 Å². The van der Waals surface area contributed by atoms with Gasteiger partial charge in [-0.15, -0.1) is 0 Å². The maximum absolute atomic E-state index is 11.9. The predicted octanol–water partition coefficient (Wildman–Crippen LogP) is 1.96. The molecule has 0 saturated carbocycles. The summed E-state index contributed by atoms with van der Waals surface area (Å²) >= 11 is 0. The Morgan fingerprint density at radius 3 is 2.39 bits per heavy atom. The van der Waals surface area contributed by atoms with E-state index in [-0.39, 0.29) is 5.69 Å². The monoisotopic (exact) mass is 316 g/mol. The van der Waals surface area contributed by atoms with Crippen molar-refractivity contribution in [2.75, 3.05) is 7.11 Å². The van der Waals surface area contributed by atoms with Crippen LogP contribution < -0.4 is 5.59 Å². The molecule has 23 heavy (non-hydrogen) atoms. The lowest BCUT2D eigenvalue weighted by molar-refractivity contribution is 0.00578. The van der Waals surface area contributed by atoms with Crippen LogP contribution in [-0.2, 0) is 14.0 Å². The van der Waals surface area contributed by atoms with Crippen molar-refractivity contribution in [3.05, 3.63) is 23.5 Å². The summed E-state index contributed by atoms with van der Waals surface area (Å²) in [6.45, 7) is 9.85. The summed E-state index contributed by atoms with van der Waals surface area (Å²) in [5.74, 6) is -0.471. The maximum atomic E-state index is 11.9. The van der Waals surface area contributed by atoms with Gasteiger partial charge in [0, 0.05) is 16.7 Å². The van der Waals surface area contributed by atoms with Gasteiger partial charge in [0.2, 0.25) is 0 Å². The number of H-pyrrole nitrogens is 1. The van der Waals surface area contributed by atoms with E-state index < -0.39 is 24.3 Å². The molecule has 0 spiro atoms. The average Bonchev–Trinajstić information content (AvgIpc) is 2.96. The van der Waals surface area contributed by atoms with Gasteiger partial charge in [0.15, 0.2) is 5.69 Å². The van der Waals surface area contributed by atoms with E-state index >= 15 is 0 Å². The van der Waals surface area contributed by atoms with E-state index in [1.807, 2.05) is 46.8 Å². The first-order valence-electron chi connectivity index (χ1n) is 7.59. The third-order valence-corrected chi connectivity index (χ3v) is 4.64. The van der Waals surface area contributed by atoms with Crippen LogP contribution in [0.15, 0.2) is 12.1 Å². The molecule has 0 aromatic carbocycles. The van der Waals surface area contributed by atoms with Crippen LogP contribution in [0.5, 0.6) is 0 Å². The van der Waals surface area contributed by atoms with Crippen LogP contribution in [0.25, 0.3) is 10.9 Å². The van der Waals surface area contributed by atoms with Gasteiger partial charge in [0.1, 0.15) is 0 Å². The molecular weight excluding hydrogens is 295 g/mol. The number of methoxy groups -OCH3 is 1. The summed E-state index contributed by atoms with van der Waals surface area (Å²) in [7, 11) is 0.828. The first kappa shape index (κ1) is 16.0. The van der Waals surface area contributed by atoms with Crippen molar-refractivity contribution in [2.24, 2.45) is 0 Å². The van der Waals surface area contributed by atoms with Crippen LogP contribution in [-0.4, -0.2) is 41.4 Å². The fourth-order valence-electron chi connectivity index (χ4n) is 2.63. The molecule has 2 aromatic rings. The van der Waals surface area contributed by atoms with Crippen molar-refractivity contribution in [3.8, 4) is 0 Å². The average molecular weight is 316 g/mol. The number of hydrogen-bond donors (Lipinski definition) is 1. The highest BCUT2D eigenvalue weighted by atomic mass is 16.7. The van der Waals surface area contributed by atoms with Crippen molar-refractivity contribution >= 4 is 29.6 Å². The van der Waals surface area contributed by atoms with E-state index in [4.69, 9.17) is 14.0 Å². The summed E-state index contributed by atoms with van der Waals surface area (Å²) in [5.41, 5.74) is 1.56. The molecule has 0 aliphatic carbocycles. The highest BCUT2D eigenvalue weighted by Crippen LogP contribution is 2.36. The second kappa shape index (κ2) is 5.07. The molecule has 0 amide bonds. The molecule has 1 aliphatic rings. The Labute approximate surface area is 135 Å². The summed E-state index contributed by atoms with van der Waals surface area (Å²) in [4.78, 5) is 19.4. The van der Waals surface area contributed by atoms with Crippen molar-refractivity contribution in [2.45, 2.75) is 45.8 Å². The van der Waals surface area contributed by atoms with E-state index in [1.165, 1.54) is 7.11 Å². The SMILES string of the molecule is COC(=O)c1nc(C)cc2cc(B3OC(C)(C)C(C)(C)O3)[nH]c12. The van der Waals surface area contributed by atoms with Gasteiger partial charge in [-0.25, -0.2) is 9.78 Å². The Hall–Kier alpha value is -1.86. The number of pyridine rings is 1.